The molecule has 1 saturated heterocycles. The van der Waals surface area contributed by atoms with E-state index in [1.807, 2.05) is 6.92 Å². The summed E-state index contributed by atoms with van der Waals surface area (Å²) >= 11 is 11.2. The number of non-ortho nitro benzene ring substituents is 1. The topological polar surface area (TPSA) is 67.6 Å². The molecule has 1 N–H and O–H groups in total. The van der Waals surface area contributed by atoms with E-state index in [0.29, 0.717) is 11.3 Å². The third kappa shape index (κ3) is 3.05. The van der Waals surface area contributed by atoms with Crippen LogP contribution in [0, 0.1) is 16.0 Å². The van der Waals surface area contributed by atoms with Gasteiger partial charge in [0.25, 0.3) is 5.69 Å². The highest BCUT2D eigenvalue weighted by Crippen LogP contribution is 2.50. The lowest BCUT2D eigenvalue weighted by Crippen LogP contribution is -2.69. The van der Waals surface area contributed by atoms with Gasteiger partial charge in [-0.15, -0.1) is 0 Å². The first kappa shape index (κ1) is 20.7. The standard InChI is InChI=1S/C19H15ClF3N3O3S/c1-9-16-12-7-11(26(27)28)4-6-15(12)29-18(9,2)25(17(30)24-16)10-3-5-14(20)13(8-10)19(21,22)23/h3-9,16H,1-2H3,(H,24,30). The maximum atomic E-state index is 13.4. The van der Waals surface area contributed by atoms with Crippen molar-refractivity contribution in [1.82, 2.24) is 5.32 Å². The van der Waals surface area contributed by atoms with Gasteiger partial charge in [-0.3, -0.25) is 15.0 Å². The summed E-state index contributed by atoms with van der Waals surface area (Å²) in [4.78, 5) is 12.1. The van der Waals surface area contributed by atoms with E-state index in [4.69, 9.17) is 28.6 Å². The van der Waals surface area contributed by atoms with Crippen molar-refractivity contribution < 1.29 is 22.8 Å². The molecule has 0 aliphatic carbocycles. The van der Waals surface area contributed by atoms with Crippen LogP contribution in [0.1, 0.15) is 31.0 Å². The lowest BCUT2D eigenvalue weighted by molar-refractivity contribution is -0.385. The molecule has 2 aromatic carbocycles. The van der Waals surface area contributed by atoms with E-state index in [1.165, 1.54) is 35.2 Å². The zero-order valence-electron chi connectivity index (χ0n) is 15.7. The number of benzene rings is 2. The minimum atomic E-state index is -4.63. The van der Waals surface area contributed by atoms with Gasteiger partial charge in [-0.05, 0) is 43.4 Å². The van der Waals surface area contributed by atoms with Gasteiger partial charge in [0, 0.05) is 29.3 Å². The van der Waals surface area contributed by atoms with Crippen LogP contribution in [0.5, 0.6) is 5.75 Å². The van der Waals surface area contributed by atoms with E-state index in [9.17, 15) is 23.3 Å². The van der Waals surface area contributed by atoms with Gasteiger partial charge in [-0.2, -0.15) is 13.2 Å². The predicted octanol–water partition coefficient (Wildman–Crippen LogP) is 5.45. The molecule has 30 heavy (non-hydrogen) atoms. The normalized spacial score (nSPS) is 25.3. The molecule has 4 rings (SSSR count). The summed E-state index contributed by atoms with van der Waals surface area (Å²) in [6.45, 7) is 3.57. The minimum absolute atomic E-state index is 0.0872. The molecule has 2 aliphatic heterocycles. The Morgan fingerprint density at radius 2 is 2.00 bits per heavy atom. The van der Waals surface area contributed by atoms with Crippen LogP contribution in [0.25, 0.3) is 0 Å². The summed E-state index contributed by atoms with van der Waals surface area (Å²) in [6.07, 6.45) is -4.63. The smallest absolute Gasteiger partial charge is 0.417 e. The van der Waals surface area contributed by atoms with Crippen molar-refractivity contribution in [2.75, 3.05) is 4.90 Å². The van der Waals surface area contributed by atoms with Crippen molar-refractivity contribution in [1.29, 1.82) is 0 Å². The van der Waals surface area contributed by atoms with Gasteiger partial charge in [0.2, 0.25) is 0 Å². The number of fused-ring (bicyclic) bond motifs is 4. The Labute approximate surface area is 179 Å². The number of ether oxygens (including phenoxy) is 1. The number of alkyl halides is 3. The first-order chi connectivity index (χ1) is 13.9. The summed E-state index contributed by atoms with van der Waals surface area (Å²) in [5.41, 5.74) is -1.46. The number of thiocarbonyl (C=S) groups is 1. The highest BCUT2D eigenvalue weighted by Gasteiger charge is 2.54. The number of nitro groups is 1. The molecule has 0 aromatic heterocycles. The average molecular weight is 458 g/mol. The van der Waals surface area contributed by atoms with Crippen molar-refractivity contribution in [3.63, 3.8) is 0 Å². The minimum Gasteiger partial charge on any atom is -0.467 e. The molecule has 2 aromatic rings. The second-order valence-corrected chi connectivity index (χ2v) is 8.14. The molecule has 6 nitrogen and oxygen atoms in total. The van der Waals surface area contributed by atoms with Gasteiger partial charge in [0.1, 0.15) is 5.75 Å². The number of anilines is 1. The van der Waals surface area contributed by atoms with E-state index in [-0.39, 0.29) is 22.4 Å². The molecule has 0 radical (unpaired) electrons. The average Bonchev–Trinajstić information content (AvgIpc) is 2.64. The highest BCUT2D eigenvalue weighted by atomic mass is 35.5. The van der Waals surface area contributed by atoms with Crippen molar-refractivity contribution in [2.45, 2.75) is 31.8 Å². The molecule has 2 aliphatic rings. The van der Waals surface area contributed by atoms with Crippen molar-refractivity contribution >= 4 is 40.3 Å². The third-order valence-electron chi connectivity index (χ3n) is 5.64. The number of nitrogens with one attached hydrogen (secondary N) is 1. The molecule has 11 heteroatoms. The molecule has 0 saturated carbocycles. The van der Waals surface area contributed by atoms with E-state index < -0.39 is 33.5 Å². The molecular formula is C19H15ClF3N3O3S. The Morgan fingerprint density at radius 1 is 1.30 bits per heavy atom. The first-order valence-electron chi connectivity index (χ1n) is 8.88. The third-order valence-corrected chi connectivity index (χ3v) is 6.27. The zero-order chi connectivity index (χ0) is 22.0. The quantitative estimate of drug-likeness (QED) is 0.367. The van der Waals surface area contributed by atoms with Crippen LogP contribution in [0.3, 0.4) is 0 Å². The van der Waals surface area contributed by atoms with Crippen LogP contribution in [0.15, 0.2) is 36.4 Å². The molecule has 2 heterocycles. The fourth-order valence-electron chi connectivity index (χ4n) is 3.97. The van der Waals surface area contributed by atoms with E-state index in [1.54, 1.807) is 6.92 Å². The maximum Gasteiger partial charge on any atom is 0.417 e. The van der Waals surface area contributed by atoms with Crippen molar-refractivity contribution in [3.8, 4) is 5.75 Å². The molecule has 2 bridgehead atoms. The Bertz CT molecular complexity index is 1080. The molecule has 1 fully saturated rings. The van der Waals surface area contributed by atoms with Gasteiger partial charge in [-0.1, -0.05) is 18.5 Å². The fourth-order valence-corrected chi connectivity index (χ4v) is 4.61. The molecule has 158 valence electrons. The second-order valence-electron chi connectivity index (χ2n) is 7.35. The number of hydrogen-bond acceptors (Lipinski definition) is 4. The van der Waals surface area contributed by atoms with E-state index in [2.05, 4.69) is 5.32 Å². The number of rotatable bonds is 2. The van der Waals surface area contributed by atoms with Crippen LogP contribution in [0.4, 0.5) is 24.5 Å². The first-order valence-corrected chi connectivity index (χ1v) is 9.67. The van der Waals surface area contributed by atoms with Gasteiger partial charge < -0.3 is 10.1 Å². The lowest BCUT2D eigenvalue weighted by Gasteiger charge is -2.56. The van der Waals surface area contributed by atoms with E-state index >= 15 is 0 Å². The summed E-state index contributed by atoms with van der Waals surface area (Å²) in [6, 6.07) is 7.37. The summed E-state index contributed by atoms with van der Waals surface area (Å²) in [5, 5.41) is 14.0. The van der Waals surface area contributed by atoms with Gasteiger partial charge in [0.15, 0.2) is 10.8 Å². The van der Waals surface area contributed by atoms with Gasteiger partial charge in [-0.25, -0.2) is 0 Å². The number of halogens is 4. The van der Waals surface area contributed by atoms with Crippen LogP contribution in [-0.4, -0.2) is 15.8 Å². The van der Waals surface area contributed by atoms with Crippen LogP contribution >= 0.6 is 23.8 Å². The Kier molecular flexibility index (Phi) is 4.62. The van der Waals surface area contributed by atoms with Crippen LogP contribution in [-0.2, 0) is 6.18 Å². The molecule has 0 spiro atoms. The number of hydrogen-bond donors (Lipinski definition) is 1. The van der Waals surface area contributed by atoms with Gasteiger partial charge >= 0.3 is 6.18 Å². The monoisotopic (exact) mass is 457 g/mol. The Balaban J connectivity index is 1.83. The van der Waals surface area contributed by atoms with Crippen molar-refractivity contribution in [3.05, 3.63) is 62.7 Å². The summed E-state index contributed by atoms with van der Waals surface area (Å²) in [5.74, 6) is 0.0833. The zero-order valence-corrected chi connectivity index (χ0v) is 17.2. The van der Waals surface area contributed by atoms with Crippen LogP contribution < -0.4 is 15.0 Å². The molecular weight excluding hydrogens is 443 g/mol. The molecule has 3 atom stereocenters. The van der Waals surface area contributed by atoms with Crippen molar-refractivity contribution in [2.24, 2.45) is 5.92 Å². The van der Waals surface area contributed by atoms with Crippen LogP contribution in [0.2, 0.25) is 5.02 Å². The highest BCUT2D eigenvalue weighted by molar-refractivity contribution is 7.80. The van der Waals surface area contributed by atoms with E-state index in [0.717, 1.165) is 6.07 Å². The lowest BCUT2D eigenvalue weighted by atomic mass is 9.80. The maximum absolute atomic E-state index is 13.4. The fraction of sp³-hybridized carbons (Fsp3) is 0.316. The largest absolute Gasteiger partial charge is 0.467 e. The number of nitrogens with zero attached hydrogens (tertiary/aromatic N) is 2. The Morgan fingerprint density at radius 3 is 2.63 bits per heavy atom. The summed E-state index contributed by atoms with van der Waals surface area (Å²) < 4.78 is 46.3. The summed E-state index contributed by atoms with van der Waals surface area (Å²) in [7, 11) is 0. The predicted molar refractivity (Wildman–Crippen MR) is 109 cm³/mol. The van der Waals surface area contributed by atoms with Gasteiger partial charge in [0.05, 0.1) is 21.6 Å². The Hall–Kier alpha value is -2.59. The molecule has 3 unspecified atom stereocenters. The second kappa shape index (κ2) is 6.71. The number of nitro benzene ring substituents is 1. The SMILES string of the molecule is CC1C2NC(=S)N(c3ccc(Cl)c(C(F)(F)F)c3)C1(C)Oc1ccc([N+](=O)[O-])cc12. The molecule has 0 amide bonds.